The number of aliphatic imine (C=N–C) groups is 2. The van der Waals surface area contributed by atoms with Crippen molar-refractivity contribution >= 4 is 12.1 Å². The van der Waals surface area contributed by atoms with E-state index in [1.807, 2.05) is 30.7 Å². The van der Waals surface area contributed by atoms with Crippen LogP contribution in [-0.4, -0.2) is 30.1 Å². The average Bonchev–Trinajstić information content (AvgIpc) is 3.39. The average molecular weight is 281 g/mol. The standard InChI is InChI=1S/C17H19N3O/c1-21-14-6-4-13(5-7-14)16-10-15(12-2-3-12)19-17-11-18-8-9-20(16)17/h4-9,11-12,15-16H,2-3,10H2,1H3. The summed E-state index contributed by atoms with van der Waals surface area (Å²) < 4.78 is 5.26. The third-order valence-electron chi connectivity index (χ3n) is 4.53. The van der Waals surface area contributed by atoms with Gasteiger partial charge in [-0.05, 0) is 42.9 Å². The molecule has 1 saturated carbocycles. The van der Waals surface area contributed by atoms with E-state index in [0.29, 0.717) is 12.1 Å². The summed E-state index contributed by atoms with van der Waals surface area (Å²) in [4.78, 5) is 11.4. The lowest BCUT2D eigenvalue weighted by atomic mass is 9.93. The molecule has 0 saturated heterocycles. The van der Waals surface area contributed by atoms with Gasteiger partial charge < -0.3 is 9.64 Å². The highest BCUT2D eigenvalue weighted by Crippen LogP contribution is 2.42. The Hall–Kier alpha value is -2.10. The van der Waals surface area contributed by atoms with E-state index in [1.54, 1.807) is 7.11 Å². The lowest BCUT2D eigenvalue weighted by Crippen LogP contribution is -2.40. The van der Waals surface area contributed by atoms with Crippen LogP contribution in [0.15, 0.2) is 46.7 Å². The second-order valence-electron chi connectivity index (χ2n) is 5.90. The summed E-state index contributed by atoms with van der Waals surface area (Å²) in [5.74, 6) is 2.68. The fourth-order valence-corrected chi connectivity index (χ4v) is 3.19. The summed E-state index contributed by atoms with van der Waals surface area (Å²) in [6, 6.07) is 9.19. The molecule has 1 fully saturated rings. The largest absolute Gasteiger partial charge is 0.497 e. The Bertz CT molecular complexity index is 613. The maximum atomic E-state index is 5.26. The lowest BCUT2D eigenvalue weighted by Gasteiger charge is -2.38. The summed E-state index contributed by atoms with van der Waals surface area (Å²) in [6.07, 6.45) is 9.49. The molecular formula is C17H19N3O. The molecule has 0 radical (unpaired) electrons. The van der Waals surface area contributed by atoms with Gasteiger partial charge in [0, 0.05) is 12.4 Å². The third kappa shape index (κ3) is 2.35. The summed E-state index contributed by atoms with van der Waals surface area (Å²) in [5.41, 5.74) is 1.31. The Morgan fingerprint density at radius 1 is 1.19 bits per heavy atom. The van der Waals surface area contributed by atoms with Crippen molar-refractivity contribution in [3.05, 3.63) is 42.2 Å². The maximum Gasteiger partial charge on any atom is 0.147 e. The molecule has 2 atom stereocenters. The van der Waals surface area contributed by atoms with Crippen molar-refractivity contribution < 1.29 is 4.74 Å². The molecule has 0 bridgehead atoms. The Balaban J connectivity index is 1.67. The number of hydrogen-bond acceptors (Lipinski definition) is 4. The molecule has 2 heterocycles. The van der Waals surface area contributed by atoms with Crippen LogP contribution in [0.3, 0.4) is 0 Å². The van der Waals surface area contributed by atoms with Crippen LogP contribution in [0.25, 0.3) is 0 Å². The molecule has 0 spiro atoms. The lowest BCUT2D eigenvalue weighted by molar-refractivity contribution is 0.320. The fraction of sp³-hybridized carbons (Fsp3) is 0.412. The van der Waals surface area contributed by atoms with Crippen LogP contribution in [0.2, 0.25) is 0 Å². The number of rotatable bonds is 3. The maximum absolute atomic E-state index is 5.26. The highest BCUT2D eigenvalue weighted by Gasteiger charge is 2.38. The van der Waals surface area contributed by atoms with E-state index in [1.165, 1.54) is 18.4 Å². The zero-order valence-corrected chi connectivity index (χ0v) is 12.1. The zero-order valence-electron chi connectivity index (χ0n) is 12.1. The molecule has 4 rings (SSSR count). The number of nitrogens with zero attached hydrogens (tertiary/aromatic N) is 3. The third-order valence-corrected chi connectivity index (χ3v) is 4.53. The monoisotopic (exact) mass is 281 g/mol. The molecule has 0 aromatic heterocycles. The molecular weight excluding hydrogens is 262 g/mol. The van der Waals surface area contributed by atoms with Crippen molar-refractivity contribution in [2.24, 2.45) is 15.9 Å². The number of amidine groups is 1. The number of hydrogen-bond donors (Lipinski definition) is 0. The van der Waals surface area contributed by atoms with Crippen LogP contribution in [0.1, 0.15) is 30.9 Å². The van der Waals surface area contributed by atoms with Crippen LogP contribution >= 0.6 is 0 Å². The molecule has 1 aliphatic carbocycles. The minimum Gasteiger partial charge on any atom is -0.497 e. The van der Waals surface area contributed by atoms with Gasteiger partial charge in [0.15, 0.2) is 0 Å². The second kappa shape index (κ2) is 5.02. The molecule has 1 aromatic carbocycles. The van der Waals surface area contributed by atoms with E-state index >= 15 is 0 Å². The van der Waals surface area contributed by atoms with Crippen molar-refractivity contribution in [2.45, 2.75) is 31.3 Å². The van der Waals surface area contributed by atoms with E-state index in [4.69, 9.17) is 9.73 Å². The first-order valence-electron chi connectivity index (χ1n) is 7.55. The highest BCUT2D eigenvalue weighted by atomic mass is 16.5. The van der Waals surface area contributed by atoms with Gasteiger partial charge in [-0.25, -0.2) is 0 Å². The van der Waals surface area contributed by atoms with E-state index in [2.05, 4.69) is 22.0 Å². The van der Waals surface area contributed by atoms with Gasteiger partial charge in [-0.1, -0.05) is 12.1 Å². The molecule has 3 aliphatic rings. The Morgan fingerprint density at radius 3 is 2.71 bits per heavy atom. The zero-order chi connectivity index (χ0) is 14.2. The Morgan fingerprint density at radius 2 is 2.00 bits per heavy atom. The van der Waals surface area contributed by atoms with E-state index in [9.17, 15) is 0 Å². The molecule has 1 aromatic rings. The van der Waals surface area contributed by atoms with Crippen LogP contribution in [-0.2, 0) is 0 Å². The van der Waals surface area contributed by atoms with Crippen LogP contribution in [0, 0.1) is 5.92 Å². The van der Waals surface area contributed by atoms with Crippen molar-refractivity contribution in [3.8, 4) is 5.75 Å². The smallest absolute Gasteiger partial charge is 0.147 e. The molecule has 2 unspecified atom stereocenters. The Labute approximate surface area is 124 Å². The highest BCUT2D eigenvalue weighted by molar-refractivity contribution is 6.30. The summed E-state index contributed by atoms with van der Waals surface area (Å²) in [7, 11) is 1.70. The van der Waals surface area contributed by atoms with Gasteiger partial charge in [-0.15, -0.1) is 0 Å². The molecule has 0 amide bonds. The number of fused-ring (bicyclic) bond motifs is 1. The SMILES string of the molecule is COc1ccc(C2CC(C3CC3)N=C3C=NC=CN32)cc1. The van der Waals surface area contributed by atoms with Crippen molar-refractivity contribution in [1.82, 2.24) is 4.90 Å². The predicted molar refractivity (Wildman–Crippen MR) is 83.8 cm³/mol. The first-order valence-corrected chi connectivity index (χ1v) is 7.55. The topological polar surface area (TPSA) is 37.2 Å². The minimum absolute atomic E-state index is 0.344. The molecule has 4 nitrogen and oxygen atoms in total. The first kappa shape index (κ1) is 12.6. The summed E-state index contributed by atoms with van der Waals surface area (Å²) >= 11 is 0. The fourth-order valence-electron chi connectivity index (χ4n) is 3.19. The Kier molecular flexibility index (Phi) is 3.02. The molecule has 21 heavy (non-hydrogen) atoms. The second-order valence-corrected chi connectivity index (χ2v) is 5.90. The summed E-state index contributed by atoms with van der Waals surface area (Å²) in [6.45, 7) is 0. The molecule has 4 heteroatoms. The summed E-state index contributed by atoms with van der Waals surface area (Å²) in [5, 5.41) is 0. The van der Waals surface area contributed by atoms with Crippen molar-refractivity contribution in [2.75, 3.05) is 7.11 Å². The van der Waals surface area contributed by atoms with Gasteiger partial charge in [0.1, 0.15) is 11.6 Å². The van der Waals surface area contributed by atoms with Crippen molar-refractivity contribution in [1.29, 1.82) is 0 Å². The predicted octanol–water partition coefficient (Wildman–Crippen LogP) is 3.17. The van der Waals surface area contributed by atoms with Crippen LogP contribution in [0.5, 0.6) is 5.75 Å². The van der Waals surface area contributed by atoms with E-state index in [-0.39, 0.29) is 0 Å². The van der Waals surface area contributed by atoms with E-state index in [0.717, 1.165) is 23.9 Å². The number of benzene rings is 1. The number of ether oxygens (including phenoxy) is 1. The van der Waals surface area contributed by atoms with Gasteiger partial charge in [0.2, 0.25) is 0 Å². The molecule has 0 N–H and O–H groups in total. The van der Waals surface area contributed by atoms with E-state index < -0.39 is 0 Å². The number of methoxy groups -OCH3 is 1. The normalized spacial score (nSPS) is 27.3. The quantitative estimate of drug-likeness (QED) is 0.853. The first-order chi connectivity index (χ1) is 10.3. The van der Waals surface area contributed by atoms with Gasteiger partial charge in [-0.3, -0.25) is 9.98 Å². The van der Waals surface area contributed by atoms with Crippen LogP contribution in [0.4, 0.5) is 0 Å². The van der Waals surface area contributed by atoms with Crippen molar-refractivity contribution in [3.63, 3.8) is 0 Å². The van der Waals surface area contributed by atoms with Gasteiger partial charge in [-0.2, -0.15) is 0 Å². The van der Waals surface area contributed by atoms with Gasteiger partial charge in [0.25, 0.3) is 0 Å². The van der Waals surface area contributed by atoms with Gasteiger partial charge in [0.05, 0.1) is 25.4 Å². The van der Waals surface area contributed by atoms with Crippen LogP contribution < -0.4 is 4.74 Å². The molecule has 108 valence electrons. The van der Waals surface area contributed by atoms with Gasteiger partial charge >= 0.3 is 0 Å². The minimum atomic E-state index is 0.344. The molecule has 2 aliphatic heterocycles.